The van der Waals surface area contributed by atoms with Gasteiger partial charge in [0.05, 0.1) is 18.3 Å². The monoisotopic (exact) mass is 262 g/mol. The molecule has 1 fully saturated rings. The van der Waals surface area contributed by atoms with Crippen molar-refractivity contribution >= 4 is 17.5 Å². The first-order valence-corrected chi connectivity index (χ1v) is 6.40. The van der Waals surface area contributed by atoms with Crippen LogP contribution in [0.4, 0.5) is 5.69 Å². The maximum Gasteiger partial charge on any atom is 0.226 e. The van der Waals surface area contributed by atoms with Gasteiger partial charge in [-0.2, -0.15) is 0 Å². The van der Waals surface area contributed by atoms with Gasteiger partial charge in [0.15, 0.2) is 0 Å². The van der Waals surface area contributed by atoms with Crippen LogP contribution in [-0.2, 0) is 16.0 Å². The fraction of sp³-hybridized carbons (Fsp3) is 0.462. The molecule has 0 unspecified atom stereocenters. The predicted octanol–water partition coefficient (Wildman–Crippen LogP) is -0.151. The van der Waals surface area contributed by atoms with Crippen LogP contribution >= 0.6 is 0 Å². The molecule has 0 aliphatic heterocycles. The highest BCUT2D eigenvalue weighted by atomic mass is 16.2. The van der Waals surface area contributed by atoms with Crippen LogP contribution in [0, 0.1) is 5.92 Å². The van der Waals surface area contributed by atoms with Crippen LogP contribution in [0.2, 0.25) is 0 Å². The van der Waals surface area contributed by atoms with Gasteiger partial charge < -0.3 is 16.4 Å². The van der Waals surface area contributed by atoms with E-state index in [2.05, 4.69) is 15.6 Å². The zero-order valence-electron chi connectivity index (χ0n) is 10.7. The first-order chi connectivity index (χ1) is 9.15. The first kappa shape index (κ1) is 13.3. The second-order valence-electron chi connectivity index (χ2n) is 4.67. The number of rotatable bonds is 6. The van der Waals surface area contributed by atoms with Crippen molar-refractivity contribution in [3.63, 3.8) is 0 Å². The lowest BCUT2D eigenvalue weighted by atomic mass is 10.2. The minimum Gasteiger partial charge on any atom is -0.397 e. The van der Waals surface area contributed by atoms with Crippen molar-refractivity contribution < 1.29 is 9.59 Å². The maximum atomic E-state index is 11.6. The minimum atomic E-state index is -0.113. The van der Waals surface area contributed by atoms with Gasteiger partial charge in [0.1, 0.15) is 0 Å². The van der Waals surface area contributed by atoms with E-state index in [4.69, 9.17) is 5.73 Å². The molecule has 102 valence electrons. The van der Waals surface area contributed by atoms with Crippen molar-refractivity contribution in [1.29, 1.82) is 0 Å². The van der Waals surface area contributed by atoms with Gasteiger partial charge in [-0.05, 0) is 25.0 Å². The van der Waals surface area contributed by atoms with Gasteiger partial charge in [0.2, 0.25) is 11.8 Å². The van der Waals surface area contributed by atoms with E-state index in [0.29, 0.717) is 24.5 Å². The average molecular weight is 262 g/mol. The molecule has 0 spiro atoms. The Morgan fingerprint density at radius 3 is 2.63 bits per heavy atom. The van der Waals surface area contributed by atoms with Gasteiger partial charge in [-0.15, -0.1) is 0 Å². The molecule has 2 rings (SSSR count). The van der Waals surface area contributed by atoms with Crippen molar-refractivity contribution in [2.75, 3.05) is 18.8 Å². The van der Waals surface area contributed by atoms with Crippen LogP contribution in [0.3, 0.4) is 0 Å². The van der Waals surface area contributed by atoms with E-state index < -0.39 is 0 Å². The first-order valence-electron chi connectivity index (χ1n) is 6.40. The zero-order chi connectivity index (χ0) is 13.7. The molecule has 6 nitrogen and oxygen atoms in total. The number of carbonyl (C=O) groups excluding carboxylic acids is 2. The molecular weight excluding hydrogens is 244 g/mol. The summed E-state index contributed by atoms with van der Waals surface area (Å²) in [7, 11) is 0. The molecule has 1 aliphatic rings. The molecule has 0 saturated heterocycles. The second kappa shape index (κ2) is 6.17. The van der Waals surface area contributed by atoms with Gasteiger partial charge in [0.25, 0.3) is 0 Å². The van der Waals surface area contributed by atoms with Crippen LogP contribution < -0.4 is 16.4 Å². The van der Waals surface area contributed by atoms with Crippen LogP contribution in [0.15, 0.2) is 18.3 Å². The topological polar surface area (TPSA) is 97.1 Å². The highest BCUT2D eigenvalue weighted by Crippen LogP contribution is 2.28. The molecule has 4 N–H and O–H groups in total. The van der Waals surface area contributed by atoms with Gasteiger partial charge in [0, 0.05) is 24.7 Å². The quantitative estimate of drug-likeness (QED) is 0.621. The highest BCUT2D eigenvalue weighted by Gasteiger charge is 2.28. The number of pyridine rings is 1. The van der Waals surface area contributed by atoms with E-state index in [1.54, 1.807) is 12.1 Å². The number of nitrogen functional groups attached to an aromatic ring is 1. The van der Waals surface area contributed by atoms with Crippen molar-refractivity contribution in [2.45, 2.75) is 19.3 Å². The summed E-state index contributed by atoms with van der Waals surface area (Å²) in [6.45, 7) is 0.905. The SMILES string of the molecule is Nc1ccc(CC(=O)NCCNC(=O)C2CC2)nc1. The molecule has 1 heterocycles. The zero-order valence-corrected chi connectivity index (χ0v) is 10.7. The summed E-state index contributed by atoms with van der Waals surface area (Å²) >= 11 is 0. The van der Waals surface area contributed by atoms with Crippen LogP contribution in [-0.4, -0.2) is 29.9 Å². The summed E-state index contributed by atoms with van der Waals surface area (Å²) in [4.78, 5) is 27.0. The van der Waals surface area contributed by atoms with Crippen LogP contribution in [0.25, 0.3) is 0 Å². The lowest BCUT2D eigenvalue weighted by Gasteiger charge is -2.06. The van der Waals surface area contributed by atoms with E-state index in [0.717, 1.165) is 12.8 Å². The summed E-state index contributed by atoms with van der Waals surface area (Å²) in [6, 6.07) is 3.44. The predicted molar refractivity (Wildman–Crippen MR) is 71.1 cm³/mol. The number of carbonyl (C=O) groups is 2. The van der Waals surface area contributed by atoms with Gasteiger partial charge in [-0.1, -0.05) is 0 Å². The number of hydrogen-bond donors (Lipinski definition) is 3. The van der Waals surface area contributed by atoms with E-state index in [9.17, 15) is 9.59 Å². The summed E-state index contributed by atoms with van der Waals surface area (Å²) in [6.07, 6.45) is 3.72. The Morgan fingerprint density at radius 1 is 1.26 bits per heavy atom. The van der Waals surface area contributed by atoms with Crippen molar-refractivity contribution in [2.24, 2.45) is 5.92 Å². The molecular formula is C13H18N4O2. The van der Waals surface area contributed by atoms with Crippen LogP contribution in [0.1, 0.15) is 18.5 Å². The Labute approximate surface area is 111 Å². The largest absolute Gasteiger partial charge is 0.397 e. The number of nitrogens with two attached hydrogens (primary N) is 1. The standard InChI is InChI=1S/C13H18N4O2/c14-10-3-4-11(17-8-10)7-12(18)15-5-6-16-13(19)9-1-2-9/h3-4,8-9H,1-2,5-7,14H2,(H,15,18)(H,16,19). The molecule has 1 saturated carbocycles. The third-order valence-corrected chi connectivity index (χ3v) is 2.88. The van der Waals surface area contributed by atoms with Crippen molar-refractivity contribution in [3.05, 3.63) is 24.0 Å². The minimum absolute atomic E-state index is 0.0921. The van der Waals surface area contributed by atoms with Crippen molar-refractivity contribution in [1.82, 2.24) is 15.6 Å². The third-order valence-electron chi connectivity index (χ3n) is 2.88. The van der Waals surface area contributed by atoms with Gasteiger partial charge in [-0.3, -0.25) is 14.6 Å². The molecule has 6 heteroatoms. The molecule has 0 atom stereocenters. The molecule has 0 radical (unpaired) electrons. The van der Waals surface area contributed by atoms with Gasteiger partial charge >= 0.3 is 0 Å². The fourth-order valence-corrected chi connectivity index (χ4v) is 1.64. The van der Waals surface area contributed by atoms with E-state index >= 15 is 0 Å². The van der Waals surface area contributed by atoms with E-state index in [1.165, 1.54) is 6.20 Å². The van der Waals surface area contributed by atoms with Crippen LogP contribution in [0.5, 0.6) is 0 Å². The molecule has 1 aromatic heterocycles. The molecule has 1 aromatic rings. The number of aromatic nitrogens is 1. The number of nitrogens with zero attached hydrogens (tertiary/aromatic N) is 1. The summed E-state index contributed by atoms with van der Waals surface area (Å²) < 4.78 is 0. The molecule has 0 bridgehead atoms. The lowest BCUT2D eigenvalue weighted by Crippen LogP contribution is -2.36. The Bertz CT molecular complexity index is 454. The molecule has 19 heavy (non-hydrogen) atoms. The Balaban J connectivity index is 1.61. The smallest absolute Gasteiger partial charge is 0.226 e. The molecule has 0 aromatic carbocycles. The number of amides is 2. The summed E-state index contributed by atoms with van der Waals surface area (Å²) in [5.74, 6) is 0.182. The normalized spacial score (nSPS) is 13.9. The van der Waals surface area contributed by atoms with E-state index in [1.807, 2.05) is 0 Å². The highest BCUT2D eigenvalue weighted by molar-refractivity contribution is 5.81. The fourth-order valence-electron chi connectivity index (χ4n) is 1.64. The van der Waals surface area contributed by atoms with Crippen molar-refractivity contribution in [3.8, 4) is 0 Å². The van der Waals surface area contributed by atoms with E-state index in [-0.39, 0.29) is 24.2 Å². The molecule has 2 amide bonds. The summed E-state index contributed by atoms with van der Waals surface area (Å²) in [5.41, 5.74) is 6.76. The number of anilines is 1. The number of hydrogen-bond acceptors (Lipinski definition) is 4. The second-order valence-corrected chi connectivity index (χ2v) is 4.67. The Hall–Kier alpha value is -2.11. The summed E-state index contributed by atoms with van der Waals surface area (Å²) in [5, 5.41) is 5.52. The number of nitrogens with one attached hydrogen (secondary N) is 2. The van der Waals surface area contributed by atoms with Gasteiger partial charge in [-0.25, -0.2) is 0 Å². The molecule has 1 aliphatic carbocycles. The lowest BCUT2D eigenvalue weighted by molar-refractivity contribution is -0.123. The third kappa shape index (κ3) is 4.57. The Morgan fingerprint density at radius 2 is 2.00 bits per heavy atom. The average Bonchev–Trinajstić information content (AvgIpc) is 3.21. The Kier molecular flexibility index (Phi) is 4.33. The maximum absolute atomic E-state index is 11.6.